The molecule has 1 aromatic carbocycles. The maximum atomic E-state index is 9.04. The standard InChI is InChI=1S/C42H57NS4/c1-10-19-28(4)44-41-31(7)39(30(6)36-26-25-34-22-16-12-13-17-24-37(34)46-36)32(8)42(47-38(43)20-11-2)40(41)29(5)33(9)45-35-23-18-14-15-21-27(35)3/h15,19,21,25,29-30,43H,9-14,16-18,20,22-24H2,1-8H3. The van der Waals surface area contributed by atoms with E-state index in [1.54, 1.807) is 16.7 Å². The van der Waals surface area contributed by atoms with Gasteiger partial charge in [0.15, 0.2) is 0 Å². The van der Waals surface area contributed by atoms with Crippen LogP contribution in [0.15, 0.2) is 82.1 Å². The van der Waals surface area contributed by atoms with E-state index in [1.165, 1.54) is 108 Å². The molecule has 0 fully saturated rings. The molecule has 0 spiro atoms. The van der Waals surface area contributed by atoms with Crippen LogP contribution >= 0.6 is 47.0 Å². The molecule has 3 aliphatic rings. The Kier molecular flexibility index (Phi) is 15.1. The molecule has 5 heteroatoms. The molecule has 0 bridgehead atoms. The number of hydrogen-bond donors (Lipinski definition) is 1. The summed E-state index contributed by atoms with van der Waals surface area (Å²) in [4.78, 5) is 9.56. The normalized spacial score (nSPS) is 18.7. The van der Waals surface area contributed by atoms with Crippen molar-refractivity contribution in [1.29, 1.82) is 5.41 Å². The SMILES string of the molecule is C=C(SC1=C(C)C=CCCC1)C(C)c1c(SC(=N)CCC)c(C)c(C(C)C2=C=CC3=C(CCCCCC3)S2)c(C)c1SC(C)=CCC. The molecular weight excluding hydrogens is 647 g/mol. The van der Waals surface area contributed by atoms with Crippen molar-refractivity contribution < 1.29 is 0 Å². The Labute approximate surface area is 304 Å². The second-order valence-corrected chi connectivity index (χ2v) is 18.1. The molecule has 2 aliphatic carbocycles. The van der Waals surface area contributed by atoms with Crippen molar-refractivity contribution in [2.75, 3.05) is 0 Å². The van der Waals surface area contributed by atoms with Gasteiger partial charge in [-0.3, -0.25) is 5.41 Å². The van der Waals surface area contributed by atoms with E-state index < -0.39 is 0 Å². The minimum atomic E-state index is 0.147. The lowest BCUT2D eigenvalue weighted by Gasteiger charge is -2.31. The highest BCUT2D eigenvalue weighted by Gasteiger charge is 2.30. The number of thioether (sulfide) groups is 4. The van der Waals surface area contributed by atoms with Crippen molar-refractivity contribution in [2.45, 2.75) is 154 Å². The molecule has 0 aromatic heterocycles. The average molecular weight is 704 g/mol. The molecular formula is C42H57NS4. The van der Waals surface area contributed by atoms with Gasteiger partial charge < -0.3 is 0 Å². The molecule has 0 saturated carbocycles. The van der Waals surface area contributed by atoms with E-state index in [1.807, 2.05) is 35.3 Å². The Bertz CT molecular complexity index is 1540. The first-order chi connectivity index (χ1) is 22.6. The fourth-order valence-electron chi connectivity index (χ4n) is 6.89. The molecule has 1 aliphatic heterocycles. The second-order valence-electron chi connectivity index (χ2n) is 13.4. The van der Waals surface area contributed by atoms with Crippen molar-refractivity contribution in [2.24, 2.45) is 0 Å². The van der Waals surface area contributed by atoms with Gasteiger partial charge in [0.25, 0.3) is 0 Å². The highest BCUT2D eigenvalue weighted by molar-refractivity contribution is 8.14. The summed E-state index contributed by atoms with van der Waals surface area (Å²) in [7, 11) is 0. The van der Waals surface area contributed by atoms with Crippen molar-refractivity contribution in [3.63, 3.8) is 0 Å². The van der Waals surface area contributed by atoms with E-state index in [9.17, 15) is 0 Å². The smallest absolute Gasteiger partial charge is 0.0689 e. The van der Waals surface area contributed by atoms with Crippen molar-refractivity contribution in [3.8, 4) is 0 Å². The van der Waals surface area contributed by atoms with Crippen LogP contribution < -0.4 is 0 Å². The van der Waals surface area contributed by atoms with E-state index in [0.717, 1.165) is 37.1 Å². The van der Waals surface area contributed by atoms with Crippen molar-refractivity contribution >= 4 is 52.1 Å². The number of benzene rings is 1. The summed E-state index contributed by atoms with van der Waals surface area (Å²) in [6.45, 7) is 23.1. The molecule has 1 N–H and O–H groups in total. The summed E-state index contributed by atoms with van der Waals surface area (Å²) in [5.74, 6) is 0.381. The quantitative estimate of drug-likeness (QED) is 0.101. The van der Waals surface area contributed by atoms with Gasteiger partial charge in [0.2, 0.25) is 0 Å². The Morgan fingerprint density at radius 2 is 1.66 bits per heavy atom. The number of rotatable bonds is 12. The number of allylic oxidation sites excluding steroid dienone is 10. The fourth-order valence-corrected chi connectivity index (χ4v) is 11.7. The molecule has 0 radical (unpaired) electrons. The van der Waals surface area contributed by atoms with Crippen LogP contribution in [-0.2, 0) is 0 Å². The van der Waals surface area contributed by atoms with Gasteiger partial charge in [-0.25, -0.2) is 0 Å². The van der Waals surface area contributed by atoms with Crippen molar-refractivity contribution in [1.82, 2.24) is 0 Å². The minimum absolute atomic E-state index is 0.147. The largest absolute Gasteiger partial charge is 0.298 e. The summed E-state index contributed by atoms with van der Waals surface area (Å²) in [6, 6.07) is 0. The van der Waals surface area contributed by atoms with E-state index in [4.69, 9.17) is 12.0 Å². The summed E-state index contributed by atoms with van der Waals surface area (Å²) < 4.78 is 0. The summed E-state index contributed by atoms with van der Waals surface area (Å²) >= 11 is 7.55. The Hall–Kier alpha value is -1.49. The van der Waals surface area contributed by atoms with Gasteiger partial charge in [-0.05, 0) is 145 Å². The first-order valence-electron chi connectivity index (χ1n) is 17.9. The van der Waals surface area contributed by atoms with Crippen LogP contribution in [0.4, 0.5) is 0 Å². The van der Waals surface area contributed by atoms with Crippen LogP contribution in [-0.4, -0.2) is 5.04 Å². The number of nitrogens with one attached hydrogen (secondary N) is 1. The van der Waals surface area contributed by atoms with E-state index in [-0.39, 0.29) is 11.8 Å². The highest BCUT2D eigenvalue weighted by Crippen LogP contribution is 2.53. The van der Waals surface area contributed by atoms with Gasteiger partial charge in [-0.2, -0.15) is 0 Å². The summed E-state index contributed by atoms with van der Waals surface area (Å²) in [6.07, 6.45) is 23.3. The maximum Gasteiger partial charge on any atom is 0.0689 e. The predicted octanol–water partition coefficient (Wildman–Crippen LogP) is 15.4. The van der Waals surface area contributed by atoms with Gasteiger partial charge >= 0.3 is 0 Å². The predicted molar refractivity (Wildman–Crippen MR) is 217 cm³/mol. The van der Waals surface area contributed by atoms with Gasteiger partial charge in [-0.1, -0.05) is 119 Å². The van der Waals surface area contributed by atoms with E-state index in [0.29, 0.717) is 0 Å². The lowest BCUT2D eigenvalue weighted by Crippen LogP contribution is -2.12. The van der Waals surface area contributed by atoms with Crippen LogP contribution in [0.1, 0.15) is 153 Å². The molecule has 0 amide bonds. The lowest BCUT2D eigenvalue weighted by molar-refractivity contribution is 0.626. The second kappa shape index (κ2) is 18.5. The molecule has 0 saturated heterocycles. The summed E-state index contributed by atoms with van der Waals surface area (Å²) in [5, 5.41) is 9.79. The molecule has 2 atom stereocenters. The fraction of sp³-hybridized carbons (Fsp3) is 0.524. The van der Waals surface area contributed by atoms with Crippen LogP contribution in [0.3, 0.4) is 0 Å². The van der Waals surface area contributed by atoms with Gasteiger partial charge in [0.05, 0.1) is 5.04 Å². The molecule has 2 unspecified atom stereocenters. The first kappa shape index (κ1) is 38.3. The van der Waals surface area contributed by atoms with Crippen LogP contribution in [0, 0.1) is 19.3 Å². The first-order valence-corrected chi connectivity index (χ1v) is 21.2. The summed E-state index contributed by atoms with van der Waals surface area (Å²) in [5.41, 5.74) is 12.2. The topological polar surface area (TPSA) is 23.9 Å². The molecule has 4 rings (SSSR count). The third kappa shape index (κ3) is 9.82. The third-order valence-corrected chi connectivity index (χ3v) is 14.8. The zero-order chi connectivity index (χ0) is 34.1. The lowest BCUT2D eigenvalue weighted by atomic mass is 9.86. The molecule has 1 heterocycles. The Morgan fingerprint density at radius 3 is 2.36 bits per heavy atom. The molecule has 1 nitrogen and oxygen atoms in total. The molecule has 1 aromatic rings. The Balaban J connectivity index is 1.87. The Morgan fingerprint density at radius 1 is 0.957 bits per heavy atom. The zero-order valence-corrected chi connectivity index (χ0v) is 33.6. The van der Waals surface area contributed by atoms with Crippen LogP contribution in [0.5, 0.6) is 0 Å². The van der Waals surface area contributed by atoms with E-state index in [2.05, 4.69) is 85.4 Å². The third-order valence-electron chi connectivity index (χ3n) is 9.59. The highest BCUT2D eigenvalue weighted by atomic mass is 32.2. The zero-order valence-electron chi connectivity index (χ0n) is 30.3. The van der Waals surface area contributed by atoms with Gasteiger partial charge in [0, 0.05) is 26.5 Å². The van der Waals surface area contributed by atoms with Gasteiger partial charge in [0.1, 0.15) is 0 Å². The van der Waals surface area contributed by atoms with Gasteiger partial charge in [-0.15, -0.1) is 5.73 Å². The average Bonchev–Trinajstić information content (AvgIpc) is 3.23. The maximum absolute atomic E-state index is 9.04. The molecule has 254 valence electrons. The van der Waals surface area contributed by atoms with Crippen LogP contribution in [0.2, 0.25) is 0 Å². The minimum Gasteiger partial charge on any atom is -0.298 e. The van der Waals surface area contributed by atoms with Crippen molar-refractivity contribution in [3.05, 3.63) is 94.5 Å². The van der Waals surface area contributed by atoms with Crippen LogP contribution in [0.25, 0.3) is 0 Å². The monoisotopic (exact) mass is 703 g/mol. The van der Waals surface area contributed by atoms with E-state index >= 15 is 0 Å². The molecule has 47 heavy (non-hydrogen) atoms. The number of hydrogen-bond acceptors (Lipinski definition) is 5.